The lowest BCUT2D eigenvalue weighted by molar-refractivity contribution is 0.117. The van der Waals surface area contributed by atoms with E-state index in [-0.39, 0.29) is 6.10 Å². The molecule has 6 heteroatoms. The van der Waals surface area contributed by atoms with E-state index in [1.165, 1.54) is 25.9 Å². The molecule has 21 heavy (non-hydrogen) atoms. The van der Waals surface area contributed by atoms with Crippen molar-refractivity contribution in [2.24, 2.45) is 10.7 Å². The maximum absolute atomic E-state index is 5.89. The van der Waals surface area contributed by atoms with E-state index in [2.05, 4.69) is 34.2 Å². The third-order valence-electron chi connectivity index (χ3n) is 4.51. The van der Waals surface area contributed by atoms with Crippen LogP contribution in [0.2, 0.25) is 0 Å². The Balaban J connectivity index is 1.55. The molecule has 2 heterocycles. The molecule has 0 bridgehead atoms. The molecule has 1 atom stereocenters. The molecule has 1 unspecified atom stereocenters. The first-order valence-electron chi connectivity index (χ1n) is 8.19. The summed E-state index contributed by atoms with van der Waals surface area (Å²) < 4.78 is 5.53. The highest BCUT2D eigenvalue weighted by Gasteiger charge is 2.20. The number of aliphatic imine (C=N–C) groups is 1. The van der Waals surface area contributed by atoms with Crippen LogP contribution in [-0.2, 0) is 4.74 Å². The van der Waals surface area contributed by atoms with Crippen LogP contribution < -0.4 is 11.1 Å². The molecule has 0 aromatic rings. The molecular formula is C15H31N5O. The van der Waals surface area contributed by atoms with Gasteiger partial charge < -0.3 is 25.6 Å². The number of likely N-dealkylation sites (tertiary alicyclic amines) is 1. The van der Waals surface area contributed by atoms with Crippen LogP contribution in [0.15, 0.2) is 4.99 Å². The average Bonchev–Trinajstić information content (AvgIpc) is 2.99. The molecule has 0 aromatic carbocycles. The fourth-order valence-corrected chi connectivity index (χ4v) is 3.05. The van der Waals surface area contributed by atoms with E-state index in [4.69, 9.17) is 10.5 Å². The van der Waals surface area contributed by atoms with Crippen LogP contribution >= 0.6 is 0 Å². The van der Waals surface area contributed by atoms with Gasteiger partial charge in [0.05, 0.1) is 12.6 Å². The number of nitrogens with two attached hydrogens (primary N) is 1. The van der Waals surface area contributed by atoms with Crippen molar-refractivity contribution in [1.29, 1.82) is 0 Å². The highest BCUT2D eigenvalue weighted by atomic mass is 16.5. The summed E-state index contributed by atoms with van der Waals surface area (Å²) >= 11 is 0. The Hall–Kier alpha value is -0.850. The van der Waals surface area contributed by atoms with Crippen LogP contribution in [0.25, 0.3) is 0 Å². The first kappa shape index (κ1) is 16.5. The second-order valence-corrected chi connectivity index (χ2v) is 6.32. The Morgan fingerprint density at radius 1 is 1.33 bits per heavy atom. The van der Waals surface area contributed by atoms with Gasteiger partial charge in [-0.1, -0.05) is 0 Å². The van der Waals surface area contributed by atoms with Gasteiger partial charge in [-0.2, -0.15) is 0 Å². The second-order valence-electron chi connectivity index (χ2n) is 6.32. The smallest absolute Gasteiger partial charge is 0.188 e. The minimum absolute atomic E-state index is 0.274. The summed E-state index contributed by atoms with van der Waals surface area (Å²) in [4.78, 5) is 9.20. The van der Waals surface area contributed by atoms with Crippen molar-refractivity contribution < 1.29 is 4.74 Å². The first-order valence-corrected chi connectivity index (χ1v) is 8.19. The normalized spacial score (nSPS) is 25.7. The molecule has 122 valence electrons. The molecule has 0 spiro atoms. The van der Waals surface area contributed by atoms with Crippen molar-refractivity contribution in [1.82, 2.24) is 15.1 Å². The summed E-state index contributed by atoms with van der Waals surface area (Å²) in [5.41, 5.74) is 5.89. The zero-order chi connectivity index (χ0) is 15.1. The fourth-order valence-electron chi connectivity index (χ4n) is 3.05. The number of nitrogens with one attached hydrogen (secondary N) is 1. The molecular weight excluding hydrogens is 266 g/mol. The molecule has 0 radical (unpaired) electrons. The van der Waals surface area contributed by atoms with Crippen molar-refractivity contribution in [3.63, 3.8) is 0 Å². The monoisotopic (exact) mass is 297 g/mol. The summed E-state index contributed by atoms with van der Waals surface area (Å²) in [5.74, 6) is 0.550. The van der Waals surface area contributed by atoms with Gasteiger partial charge in [0.15, 0.2) is 5.96 Å². The second kappa shape index (κ2) is 8.56. The zero-order valence-electron chi connectivity index (χ0n) is 13.6. The summed E-state index contributed by atoms with van der Waals surface area (Å²) in [7, 11) is 4.35. The van der Waals surface area contributed by atoms with Crippen LogP contribution in [0.1, 0.15) is 25.7 Å². The van der Waals surface area contributed by atoms with Crippen LogP contribution in [-0.4, -0.2) is 81.3 Å². The summed E-state index contributed by atoms with van der Waals surface area (Å²) in [6.45, 7) is 5.82. The Kier molecular flexibility index (Phi) is 6.73. The largest absolute Gasteiger partial charge is 0.376 e. The predicted octanol–water partition coefficient (Wildman–Crippen LogP) is 0.0957. The van der Waals surface area contributed by atoms with Crippen LogP contribution in [0, 0.1) is 0 Å². The number of guanidine groups is 1. The summed E-state index contributed by atoms with van der Waals surface area (Å²) in [6.07, 6.45) is 5.05. The van der Waals surface area contributed by atoms with E-state index in [1.807, 2.05) is 0 Å². The molecule has 0 amide bonds. The number of piperidine rings is 1. The van der Waals surface area contributed by atoms with E-state index in [9.17, 15) is 0 Å². The Morgan fingerprint density at radius 3 is 2.71 bits per heavy atom. The van der Waals surface area contributed by atoms with E-state index >= 15 is 0 Å². The minimum atomic E-state index is 0.274. The lowest BCUT2D eigenvalue weighted by Gasteiger charge is -2.35. The fraction of sp³-hybridized carbons (Fsp3) is 0.933. The van der Waals surface area contributed by atoms with Gasteiger partial charge in [-0.3, -0.25) is 4.99 Å². The highest BCUT2D eigenvalue weighted by molar-refractivity contribution is 5.77. The molecule has 2 fully saturated rings. The molecule has 0 aromatic heterocycles. The van der Waals surface area contributed by atoms with Gasteiger partial charge in [-0.15, -0.1) is 0 Å². The van der Waals surface area contributed by atoms with Crippen molar-refractivity contribution in [3.8, 4) is 0 Å². The third-order valence-corrected chi connectivity index (χ3v) is 4.51. The number of rotatable bonds is 6. The van der Waals surface area contributed by atoms with Gasteiger partial charge in [-0.05, 0) is 52.9 Å². The van der Waals surface area contributed by atoms with Crippen LogP contribution in [0.3, 0.4) is 0 Å². The molecule has 2 rings (SSSR count). The molecule has 2 saturated heterocycles. The van der Waals surface area contributed by atoms with Crippen molar-refractivity contribution in [2.45, 2.75) is 37.8 Å². The van der Waals surface area contributed by atoms with Gasteiger partial charge in [0, 0.05) is 25.7 Å². The third kappa shape index (κ3) is 5.80. The summed E-state index contributed by atoms with van der Waals surface area (Å²) in [5, 5.41) is 3.21. The van der Waals surface area contributed by atoms with E-state index in [1.54, 1.807) is 0 Å². The highest BCUT2D eigenvalue weighted by Crippen LogP contribution is 2.13. The Morgan fingerprint density at radius 2 is 2.10 bits per heavy atom. The van der Waals surface area contributed by atoms with Crippen LogP contribution in [0.5, 0.6) is 0 Å². The molecule has 3 N–H and O–H groups in total. The van der Waals surface area contributed by atoms with E-state index in [0.717, 1.165) is 38.6 Å². The average molecular weight is 297 g/mol. The molecule has 6 nitrogen and oxygen atoms in total. The maximum Gasteiger partial charge on any atom is 0.188 e. The van der Waals surface area contributed by atoms with Gasteiger partial charge in [-0.25, -0.2) is 0 Å². The van der Waals surface area contributed by atoms with E-state index in [0.29, 0.717) is 12.5 Å². The first-order chi connectivity index (χ1) is 10.1. The van der Waals surface area contributed by atoms with Crippen LogP contribution in [0.4, 0.5) is 0 Å². The molecule has 0 saturated carbocycles. The maximum atomic E-state index is 5.89. The molecule has 0 aliphatic carbocycles. The van der Waals surface area contributed by atoms with Gasteiger partial charge in [0.1, 0.15) is 0 Å². The lowest BCUT2D eigenvalue weighted by atomic mass is 10.0. The number of hydrogen-bond acceptors (Lipinski definition) is 4. The van der Waals surface area contributed by atoms with E-state index < -0.39 is 0 Å². The Bertz CT molecular complexity index is 320. The van der Waals surface area contributed by atoms with Crippen molar-refractivity contribution in [3.05, 3.63) is 0 Å². The summed E-state index contributed by atoms with van der Waals surface area (Å²) in [6, 6.07) is 0.743. The van der Waals surface area contributed by atoms with Crippen molar-refractivity contribution in [2.75, 3.05) is 53.4 Å². The minimum Gasteiger partial charge on any atom is -0.376 e. The quantitative estimate of drug-likeness (QED) is 0.537. The molecule has 2 aliphatic heterocycles. The SMILES string of the molecule is CN(C)C1CCN(CCNC(N)=NCC2CCCO2)CC1. The lowest BCUT2D eigenvalue weighted by Crippen LogP contribution is -2.45. The Labute approximate surface area is 128 Å². The van der Waals surface area contributed by atoms with Gasteiger partial charge >= 0.3 is 0 Å². The topological polar surface area (TPSA) is 66.1 Å². The zero-order valence-corrected chi connectivity index (χ0v) is 13.6. The van der Waals surface area contributed by atoms with Gasteiger partial charge in [0.2, 0.25) is 0 Å². The standard InChI is InChI=1S/C15H31N5O/c1-19(2)13-5-8-20(9-6-13)10-7-17-15(16)18-12-14-4-3-11-21-14/h13-14H,3-12H2,1-2H3,(H3,16,17,18). The number of nitrogens with zero attached hydrogens (tertiary/aromatic N) is 3. The van der Waals surface area contributed by atoms with Crippen molar-refractivity contribution >= 4 is 5.96 Å². The number of hydrogen-bond donors (Lipinski definition) is 2. The number of ether oxygens (including phenoxy) is 1. The molecule has 2 aliphatic rings. The predicted molar refractivity (Wildman–Crippen MR) is 86.6 cm³/mol. The van der Waals surface area contributed by atoms with Gasteiger partial charge in [0.25, 0.3) is 0 Å².